The molecule has 0 fully saturated rings. The van der Waals surface area contributed by atoms with Crippen molar-refractivity contribution in [3.05, 3.63) is 48.1 Å². The molecule has 2 aromatic rings. The summed E-state index contributed by atoms with van der Waals surface area (Å²) >= 11 is 0. The van der Waals surface area contributed by atoms with Gasteiger partial charge < -0.3 is 10.4 Å². The fourth-order valence-corrected chi connectivity index (χ4v) is 1.46. The summed E-state index contributed by atoms with van der Waals surface area (Å²) in [4.78, 5) is 15.7. The number of hydrogen-bond acceptors (Lipinski definition) is 5. The molecule has 0 bridgehead atoms. The molecule has 7 heteroatoms. The standard InChI is InChI=1S/C13H13N5O2/c1-8-11(7-16-18-8)17-13(20)9(14)6-12(19)10-4-2-3-5-15-10/h2-7,14,19H,1H3,(H,16,18)(H,17,20)/b12-6-,14-9?. The Labute approximate surface area is 114 Å². The van der Waals surface area contributed by atoms with Crippen LogP contribution in [0.1, 0.15) is 11.4 Å². The van der Waals surface area contributed by atoms with Crippen LogP contribution < -0.4 is 5.32 Å². The number of aromatic nitrogens is 3. The molecule has 0 unspecified atom stereocenters. The molecule has 0 aliphatic heterocycles. The summed E-state index contributed by atoms with van der Waals surface area (Å²) in [5, 5.41) is 26.4. The highest BCUT2D eigenvalue weighted by Gasteiger charge is 2.11. The molecule has 0 spiro atoms. The van der Waals surface area contributed by atoms with Crippen LogP contribution in [0.4, 0.5) is 5.69 Å². The lowest BCUT2D eigenvalue weighted by molar-refractivity contribution is -0.110. The number of hydrogen-bond donors (Lipinski definition) is 4. The Bertz CT molecular complexity index is 660. The number of aliphatic hydroxyl groups excluding tert-OH is 1. The Morgan fingerprint density at radius 3 is 2.90 bits per heavy atom. The summed E-state index contributed by atoms with van der Waals surface area (Å²) in [7, 11) is 0. The average molecular weight is 271 g/mol. The van der Waals surface area contributed by atoms with Crippen molar-refractivity contribution in [2.45, 2.75) is 6.92 Å². The van der Waals surface area contributed by atoms with Gasteiger partial charge in [-0.1, -0.05) is 6.07 Å². The Morgan fingerprint density at radius 2 is 2.30 bits per heavy atom. The Kier molecular flexibility index (Phi) is 3.90. The summed E-state index contributed by atoms with van der Waals surface area (Å²) in [6.07, 6.45) is 4.08. The fourth-order valence-electron chi connectivity index (χ4n) is 1.46. The zero-order valence-corrected chi connectivity index (χ0v) is 10.7. The number of anilines is 1. The van der Waals surface area contributed by atoms with Crippen LogP contribution in [0, 0.1) is 12.3 Å². The van der Waals surface area contributed by atoms with E-state index in [2.05, 4.69) is 20.5 Å². The lowest BCUT2D eigenvalue weighted by Crippen LogP contribution is -2.20. The van der Waals surface area contributed by atoms with Gasteiger partial charge in [-0.05, 0) is 19.1 Å². The number of pyridine rings is 1. The fraction of sp³-hybridized carbons (Fsp3) is 0.0769. The van der Waals surface area contributed by atoms with Crippen molar-refractivity contribution in [3.63, 3.8) is 0 Å². The lowest BCUT2D eigenvalue weighted by atomic mass is 10.2. The van der Waals surface area contributed by atoms with Gasteiger partial charge in [-0.2, -0.15) is 5.10 Å². The molecule has 0 aliphatic rings. The average Bonchev–Trinajstić information content (AvgIpc) is 2.85. The van der Waals surface area contributed by atoms with Gasteiger partial charge in [0.05, 0.1) is 11.4 Å². The van der Waals surface area contributed by atoms with Gasteiger partial charge in [0.2, 0.25) is 0 Å². The second-order valence-corrected chi connectivity index (χ2v) is 4.00. The Morgan fingerprint density at radius 1 is 1.50 bits per heavy atom. The summed E-state index contributed by atoms with van der Waals surface area (Å²) in [6.45, 7) is 1.72. The highest BCUT2D eigenvalue weighted by molar-refractivity contribution is 6.46. The van der Waals surface area contributed by atoms with Crippen LogP contribution in [0.15, 0.2) is 36.7 Å². The van der Waals surface area contributed by atoms with Crippen LogP contribution in [0.3, 0.4) is 0 Å². The number of nitrogens with zero attached hydrogens (tertiary/aromatic N) is 2. The summed E-state index contributed by atoms with van der Waals surface area (Å²) < 4.78 is 0. The minimum Gasteiger partial charge on any atom is -0.506 e. The zero-order chi connectivity index (χ0) is 14.5. The van der Waals surface area contributed by atoms with Gasteiger partial charge in [0.1, 0.15) is 17.2 Å². The molecule has 0 aliphatic carbocycles. The van der Waals surface area contributed by atoms with Crippen LogP contribution >= 0.6 is 0 Å². The normalized spacial score (nSPS) is 11.2. The van der Waals surface area contributed by atoms with Crippen LogP contribution in [0.5, 0.6) is 0 Å². The summed E-state index contributed by atoms with van der Waals surface area (Å²) in [5.41, 5.74) is 1.02. The maximum absolute atomic E-state index is 11.8. The zero-order valence-electron chi connectivity index (χ0n) is 10.7. The third-order valence-electron chi connectivity index (χ3n) is 2.53. The van der Waals surface area contributed by atoms with E-state index in [0.29, 0.717) is 17.1 Å². The molecular formula is C13H13N5O2. The van der Waals surface area contributed by atoms with E-state index in [0.717, 1.165) is 6.08 Å². The molecule has 0 aromatic carbocycles. The number of aryl methyl sites for hydroxylation is 1. The number of amides is 1. The van der Waals surface area contributed by atoms with Crippen molar-refractivity contribution in [1.29, 1.82) is 5.41 Å². The van der Waals surface area contributed by atoms with Gasteiger partial charge in [-0.3, -0.25) is 20.3 Å². The van der Waals surface area contributed by atoms with Crippen LogP contribution in [-0.2, 0) is 4.79 Å². The van der Waals surface area contributed by atoms with E-state index < -0.39 is 5.91 Å². The second-order valence-electron chi connectivity index (χ2n) is 4.00. The van der Waals surface area contributed by atoms with Crippen molar-refractivity contribution in [1.82, 2.24) is 15.2 Å². The molecule has 102 valence electrons. The monoisotopic (exact) mass is 271 g/mol. The second kappa shape index (κ2) is 5.79. The molecule has 0 radical (unpaired) electrons. The maximum Gasteiger partial charge on any atom is 0.273 e. The highest BCUT2D eigenvalue weighted by Crippen LogP contribution is 2.10. The van der Waals surface area contributed by atoms with Crippen molar-refractivity contribution in [3.8, 4) is 0 Å². The molecule has 0 saturated heterocycles. The van der Waals surface area contributed by atoms with Gasteiger partial charge in [-0.15, -0.1) is 0 Å². The number of carbonyl (C=O) groups is 1. The van der Waals surface area contributed by atoms with Gasteiger partial charge in [0.15, 0.2) is 0 Å². The van der Waals surface area contributed by atoms with E-state index in [1.54, 1.807) is 25.1 Å². The molecule has 2 rings (SSSR count). The van der Waals surface area contributed by atoms with Gasteiger partial charge in [0, 0.05) is 18.5 Å². The summed E-state index contributed by atoms with van der Waals surface area (Å²) in [6, 6.07) is 4.98. The molecule has 4 N–H and O–H groups in total. The first-order valence-electron chi connectivity index (χ1n) is 5.80. The topological polar surface area (TPSA) is 115 Å². The minimum atomic E-state index is -0.642. The number of aromatic amines is 1. The number of nitrogens with one attached hydrogen (secondary N) is 3. The van der Waals surface area contributed by atoms with E-state index in [-0.39, 0.29) is 11.5 Å². The van der Waals surface area contributed by atoms with E-state index >= 15 is 0 Å². The minimum absolute atomic E-state index is 0.241. The molecule has 1 amide bonds. The molecule has 0 atom stereocenters. The molecule has 2 aromatic heterocycles. The molecule has 0 saturated carbocycles. The highest BCUT2D eigenvalue weighted by atomic mass is 16.3. The van der Waals surface area contributed by atoms with Crippen molar-refractivity contribution < 1.29 is 9.90 Å². The van der Waals surface area contributed by atoms with E-state index in [1.807, 2.05) is 0 Å². The van der Waals surface area contributed by atoms with Crippen molar-refractivity contribution in [2.24, 2.45) is 0 Å². The third-order valence-corrected chi connectivity index (χ3v) is 2.53. The number of carbonyl (C=O) groups excluding carboxylic acids is 1. The molecular weight excluding hydrogens is 258 g/mol. The van der Waals surface area contributed by atoms with E-state index in [4.69, 9.17) is 5.41 Å². The van der Waals surface area contributed by atoms with Crippen molar-refractivity contribution in [2.75, 3.05) is 5.32 Å². The smallest absolute Gasteiger partial charge is 0.273 e. The van der Waals surface area contributed by atoms with E-state index in [1.165, 1.54) is 12.4 Å². The first-order valence-corrected chi connectivity index (χ1v) is 5.80. The molecule has 7 nitrogen and oxygen atoms in total. The Balaban J connectivity index is 2.08. The number of rotatable bonds is 4. The SMILES string of the molecule is Cc1n[nH]cc1NC(=O)C(=N)/C=C(\O)c1ccccn1. The van der Waals surface area contributed by atoms with Crippen LogP contribution in [-0.4, -0.2) is 31.9 Å². The first-order chi connectivity index (χ1) is 9.58. The van der Waals surface area contributed by atoms with Crippen molar-refractivity contribution >= 4 is 23.1 Å². The lowest BCUT2D eigenvalue weighted by Gasteiger charge is -2.03. The third kappa shape index (κ3) is 3.08. The summed E-state index contributed by atoms with van der Waals surface area (Å²) in [5.74, 6) is -0.883. The van der Waals surface area contributed by atoms with Gasteiger partial charge in [-0.25, -0.2) is 0 Å². The van der Waals surface area contributed by atoms with Gasteiger partial charge in [0.25, 0.3) is 5.91 Å². The predicted octanol–water partition coefficient (Wildman–Crippen LogP) is 1.67. The maximum atomic E-state index is 11.8. The van der Waals surface area contributed by atoms with Gasteiger partial charge >= 0.3 is 0 Å². The predicted molar refractivity (Wildman–Crippen MR) is 74.5 cm³/mol. The molecule has 2 heterocycles. The first kappa shape index (κ1) is 13.5. The molecule has 20 heavy (non-hydrogen) atoms. The number of H-pyrrole nitrogens is 1. The largest absolute Gasteiger partial charge is 0.506 e. The van der Waals surface area contributed by atoms with E-state index in [9.17, 15) is 9.90 Å². The van der Waals surface area contributed by atoms with Crippen LogP contribution in [0.25, 0.3) is 5.76 Å². The Hall–Kier alpha value is -2.96. The van der Waals surface area contributed by atoms with Crippen LogP contribution in [0.2, 0.25) is 0 Å². The number of aliphatic hydroxyl groups is 1. The quantitative estimate of drug-likeness (QED) is 0.500.